The summed E-state index contributed by atoms with van der Waals surface area (Å²) in [5, 5.41) is 14.8. The molecule has 32 heavy (non-hydrogen) atoms. The highest BCUT2D eigenvalue weighted by molar-refractivity contribution is 5.90. The van der Waals surface area contributed by atoms with Crippen LogP contribution in [-0.4, -0.2) is 71.1 Å². The number of aliphatic hydroxyl groups excluding tert-OH is 1. The number of hydrogen-bond donors (Lipinski definition) is 1. The molecule has 1 saturated heterocycles. The zero-order chi connectivity index (χ0) is 22.5. The van der Waals surface area contributed by atoms with Crippen molar-refractivity contribution in [2.24, 2.45) is 0 Å². The molecule has 168 valence electrons. The first kappa shape index (κ1) is 21.6. The Morgan fingerprint density at radius 1 is 1.03 bits per heavy atom. The fourth-order valence-corrected chi connectivity index (χ4v) is 3.71. The molecule has 9 nitrogen and oxygen atoms in total. The molecule has 0 aliphatic carbocycles. The second-order valence-electron chi connectivity index (χ2n) is 7.56. The third kappa shape index (κ3) is 4.83. The van der Waals surface area contributed by atoms with Gasteiger partial charge in [-0.1, -0.05) is 18.2 Å². The van der Waals surface area contributed by atoms with Crippen LogP contribution in [0.5, 0.6) is 11.5 Å². The molecule has 0 radical (unpaired) electrons. The molecule has 1 aliphatic rings. The summed E-state index contributed by atoms with van der Waals surface area (Å²) in [6.07, 6.45) is 0.712. The molecule has 2 heterocycles. The van der Waals surface area contributed by atoms with E-state index in [4.69, 9.17) is 9.47 Å². The van der Waals surface area contributed by atoms with Crippen molar-refractivity contribution in [2.75, 3.05) is 45.3 Å². The van der Waals surface area contributed by atoms with Crippen molar-refractivity contribution in [1.82, 2.24) is 19.7 Å². The van der Waals surface area contributed by atoms with Crippen molar-refractivity contribution in [2.45, 2.75) is 12.6 Å². The molecular weight excluding hydrogens is 410 g/mol. The zero-order valence-electron chi connectivity index (χ0n) is 18.2. The van der Waals surface area contributed by atoms with E-state index in [0.29, 0.717) is 13.1 Å². The quantitative estimate of drug-likeness (QED) is 0.604. The van der Waals surface area contributed by atoms with E-state index in [-0.39, 0.29) is 18.3 Å². The summed E-state index contributed by atoms with van der Waals surface area (Å²) in [5.41, 5.74) is 1.81. The van der Waals surface area contributed by atoms with Gasteiger partial charge in [-0.05, 0) is 29.8 Å². The lowest BCUT2D eigenvalue weighted by Crippen LogP contribution is -2.49. The molecule has 9 heteroatoms. The summed E-state index contributed by atoms with van der Waals surface area (Å²) in [6.45, 7) is 2.81. The van der Waals surface area contributed by atoms with Crippen LogP contribution in [0.2, 0.25) is 0 Å². The Kier molecular flexibility index (Phi) is 6.55. The minimum Gasteiger partial charge on any atom is -0.497 e. The van der Waals surface area contributed by atoms with Crippen LogP contribution in [-0.2, 0) is 6.54 Å². The van der Waals surface area contributed by atoms with Gasteiger partial charge in [0, 0.05) is 37.9 Å². The standard InChI is InChI=1S/C23H27N5O4/c1-31-19-8-6-17(7-9-19)21(29)15-28-16-24-22(25-28)23(30)27-12-10-26(11-13-27)18-4-3-5-20(14-18)32-2/h3-9,14,16,21,29H,10-13,15H2,1-2H3/t21-/m1/s1. The highest BCUT2D eigenvalue weighted by atomic mass is 16.5. The number of amides is 1. The van der Waals surface area contributed by atoms with Gasteiger partial charge in [0.1, 0.15) is 17.8 Å². The Morgan fingerprint density at radius 2 is 1.75 bits per heavy atom. The molecule has 2 aromatic carbocycles. The van der Waals surface area contributed by atoms with Crippen molar-refractivity contribution in [1.29, 1.82) is 0 Å². The van der Waals surface area contributed by atoms with Crippen LogP contribution in [0.1, 0.15) is 22.3 Å². The third-order valence-corrected chi connectivity index (χ3v) is 5.57. The van der Waals surface area contributed by atoms with Crippen LogP contribution in [0.3, 0.4) is 0 Å². The molecular formula is C23H27N5O4. The number of aliphatic hydroxyl groups is 1. The van der Waals surface area contributed by atoms with Crippen molar-refractivity contribution >= 4 is 11.6 Å². The number of carbonyl (C=O) groups excluding carboxylic acids is 1. The van der Waals surface area contributed by atoms with E-state index in [1.54, 1.807) is 43.4 Å². The lowest BCUT2D eigenvalue weighted by molar-refractivity contribution is 0.0733. The topological polar surface area (TPSA) is 92.9 Å². The Hall–Kier alpha value is -3.59. The van der Waals surface area contributed by atoms with E-state index >= 15 is 0 Å². The van der Waals surface area contributed by atoms with Crippen LogP contribution in [0.15, 0.2) is 54.9 Å². The maximum atomic E-state index is 12.9. The number of ether oxygens (including phenoxy) is 2. The average Bonchev–Trinajstić information content (AvgIpc) is 3.32. The molecule has 1 N–H and O–H groups in total. The number of methoxy groups -OCH3 is 2. The fourth-order valence-electron chi connectivity index (χ4n) is 3.71. The predicted molar refractivity (Wildman–Crippen MR) is 119 cm³/mol. The molecule has 1 amide bonds. The van der Waals surface area contributed by atoms with Gasteiger partial charge in [0.25, 0.3) is 5.91 Å². The van der Waals surface area contributed by atoms with Crippen molar-refractivity contribution < 1.29 is 19.4 Å². The van der Waals surface area contributed by atoms with Gasteiger partial charge in [-0.2, -0.15) is 0 Å². The molecule has 3 aromatic rings. The van der Waals surface area contributed by atoms with Crippen molar-refractivity contribution in [3.63, 3.8) is 0 Å². The third-order valence-electron chi connectivity index (χ3n) is 5.57. The largest absolute Gasteiger partial charge is 0.497 e. The van der Waals surface area contributed by atoms with E-state index in [9.17, 15) is 9.90 Å². The van der Waals surface area contributed by atoms with E-state index < -0.39 is 6.10 Å². The number of carbonyl (C=O) groups is 1. The maximum Gasteiger partial charge on any atom is 0.293 e. The van der Waals surface area contributed by atoms with E-state index in [0.717, 1.165) is 35.8 Å². The lowest BCUT2D eigenvalue weighted by Gasteiger charge is -2.35. The summed E-state index contributed by atoms with van der Waals surface area (Å²) in [5.74, 6) is 1.48. The Labute approximate surface area is 186 Å². The molecule has 0 spiro atoms. The van der Waals surface area contributed by atoms with Gasteiger partial charge >= 0.3 is 0 Å². The van der Waals surface area contributed by atoms with Crippen molar-refractivity contribution in [3.05, 3.63) is 66.2 Å². The molecule has 1 fully saturated rings. The van der Waals surface area contributed by atoms with Crippen molar-refractivity contribution in [3.8, 4) is 11.5 Å². The second kappa shape index (κ2) is 9.69. The number of rotatable bonds is 7. The monoisotopic (exact) mass is 437 g/mol. The highest BCUT2D eigenvalue weighted by Crippen LogP contribution is 2.22. The number of nitrogens with zero attached hydrogens (tertiary/aromatic N) is 5. The van der Waals surface area contributed by atoms with Gasteiger partial charge in [-0.15, -0.1) is 5.10 Å². The van der Waals surface area contributed by atoms with Gasteiger partial charge in [0.15, 0.2) is 0 Å². The summed E-state index contributed by atoms with van der Waals surface area (Å²) in [7, 11) is 3.25. The summed E-state index contributed by atoms with van der Waals surface area (Å²) < 4.78 is 11.9. The van der Waals surface area contributed by atoms with Gasteiger partial charge in [0.05, 0.1) is 26.9 Å². The molecule has 0 bridgehead atoms. The number of benzene rings is 2. The van der Waals surface area contributed by atoms with E-state index in [2.05, 4.69) is 15.0 Å². The number of piperazine rings is 1. The average molecular weight is 438 g/mol. The number of aromatic nitrogens is 3. The highest BCUT2D eigenvalue weighted by Gasteiger charge is 2.25. The van der Waals surface area contributed by atoms with Crippen LogP contribution in [0.25, 0.3) is 0 Å². The van der Waals surface area contributed by atoms with Crippen LogP contribution in [0, 0.1) is 0 Å². The van der Waals surface area contributed by atoms with Gasteiger partial charge < -0.3 is 24.4 Å². The fraction of sp³-hybridized carbons (Fsp3) is 0.348. The molecule has 1 aromatic heterocycles. The lowest BCUT2D eigenvalue weighted by atomic mass is 10.1. The normalized spacial score (nSPS) is 14.8. The zero-order valence-corrected chi connectivity index (χ0v) is 18.2. The number of anilines is 1. The predicted octanol–water partition coefficient (Wildman–Crippen LogP) is 1.99. The SMILES string of the molecule is COc1ccc([C@H](O)Cn2cnc(C(=O)N3CCN(c4cccc(OC)c4)CC3)n2)cc1. The second-order valence-corrected chi connectivity index (χ2v) is 7.56. The van der Waals surface area contributed by atoms with E-state index in [1.165, 1.54) is 11.0 Å². The summed E-state index contributed by atoms with van der Waals surface area (Å²) in [6, 6.07) is 15.1. The first-order valence-electron chi connectivity index (χ1n) is 10.5. The first-order chi connectivity index (χ1) is 15.6. The summed E-state index contributed by atoms with van der Waals surface area (Å²) in [4.78, 5) is 21.0. The minimum absolute atomic E-state index is 0.141. The van der Waals surface area contributed by atoms with Gasteiger partial charge in [-0.25, -0.2) is 9.67 Å². The maximum absolute atomic E-state index is 12.9. The Balaban J connectivity index is 1.33. The van der Waals surface area contributed by atoms with E-state index in [1.807, 2.05) is 24.3 Å². The van der Waals surface area contributed by atoms with Crippen LogP contribution >= 0.6 is 0 Å². The number of hydrogen-bond acceptors (Lipinski definition) is 7. The van der Waals surface area contributed by atoms with Gasteiger partial charge in [-0.3, -0.25) is 4.79 Å². The molecule has 0 saturated carbocycles. The Bertz CT molecular complexity index is 1040. The molecule has 1 aliphatic heterocycles. The van der Waals surface area contributed by atoms with Crippen LogP contribution < -0.4 is 14.4 Å². The first-order valence-corrected chi connectivity index (χ1v) is 10.5. The minimum atomic E-state index is -0.767. The molecule has 1 atom stereocenters. The smallest absolute Gasteiger partial charge is 0.293 e. The Morgan fingerprint density at radius 3 is 2.44 bits per heavy atom. The summed E-state index contributed by atoms with van der Waals surface area (Å²) >= 11 is 0. The molecule has 0 unspecified atom stereocenters. The van der Waals surface area contributed by atoms with Crippen LogP contribution in [0.4, 0.5) is 5.69 Å². The van der Waals surface area contributed by atoms with Gasteiger partial charge in [0.2, 0.25) is 5.82 Å². The molecule has 4 rings (SSSR count).